The number of ketones is 1. The van der Waals surface area contributed by atoms with Crippen LogP contribution in [-0.2, 0) is 4.79 Å². The zero-order chi connectivity index (χ0) is 13.0. The highest BCUT2D eigenvalue weighted by atomic mass is 127. The van der Waals surface area contributed by atoms with Gasteiger partial charge in [0.1, 0.15) is 5.78 Å². The van der Waals surface area contributed by atoms with Gasteiger partial charge in [0.05, 0.1) is 5.75 Å². The molecule has 1 heterocycles. The van der Waals surface area contributed by atoms with Gasteiger partial charge in [0.2, 0.25) is 0 Å². The fraction of sp³-hybridized carbons (Fsp3) is 0.917. The molecule has 2 nitrogen and oxygen atoms in total. The molecule has 0 amide bonds. The van der Waals surface area contributed by atoms with E-state index in [0.717, 1.165) is 17.4 Å². The maximum absolute atomic E-state index is 12.2. The van der Waals surface area contributed by atoms with E-state index in [0.29, 0.717) is 29.5 Å². The van der Waals surface area contributed by atoms with Crippen molar-refractivity contribution in [3.05, 3.63) is 0 Å². The predicted molar refractivity (Wildman–Crippen MR) is 93.3 cm³/mol. The van der Waals surface area contributed by atoms with E-state index >= 15 is 0 Å². The van der Waals surface area contributed by atoms with E-state index in [2.05, 4.69) is 69.5 Å². The van der Waals surface area contributed by atoms with E-state index in [-0.39, 0.29) is 5.92 Å². The number of rotatable bonds is 5. The maximum atomic E-state index is 12.2. The van der Waals surface area contributed by atoms with E-state index in [1.807, 2.05) is 0 Å². The standard InChI is InChI=1S/C12H21I2NOS/c1-8(2)15-6-10(5-13)4-11(9(15)3)12(16)7-17-14/h8-11H,4-7H2,1-3H3. The Hall–Kier alpha value is 1.44. The van der Waals surface area contributed by atoms with Crippen molar-refractivity contribution in [2.45, 2.75) is 39.3 Å². The third-order valence-electron chi connectivity index (χ3n) is 3.65. The largest absolute Gasteiger partial charge is 0.298 e. The Morgan fingerprint density at radius 1 is 1.53 bits per heavy atom. The number of halogens is 2. The molecule has 1 saturated heterocycles. The number of likely N-dealkylation sites (tertiary alicyclic amines) is 1. The number of hydrogen-bond donors (Lipinski definition) is 0. The lowest BCUT2D eigenvalue weighted by molar-refractivity contribution is -0.125. The number of alkyl halides is 1. The summed E-state index contributed by atoms with van der Waals surface area (Å²) in [5.41, 5.74) is 0. The zero-order valence-electron chi connectivity index (χ0n) is 10.7. The lowest BCUT2D eigenvalue weighted by Crippen LogP contribution is -2.53. The van der Waals surface area contributed by atoms with Gasteiger partial charge in [-0.25, -0.2) is 0 Å². The second-order valence-electron chi connectivity index (χ2n) is 5.11. The number of nitrogens with zero attached hydrogens (tertiary/aromatic N) is 1. The number of carbonyl (C=O) groups excluding carboxylic acids is 1. The Balaban J connectivity index is 2.77. The van der Waals surface area contributed by atoms with Crippen LogP contribution in [-0.4, -0.2) is 39.5 Å². The predicted octanol–water partition coefficient (Wildman–Crippen LogP) is 3.81. The minimum Gasteiger partial charge on any atom is -0.298 e. The Labute approximate surface area is 135 Å². The molecule has 0 aromatic rings. The van der Waals surface area contributed by atoms with Crippen LogP contribution in [0.25, 0.3) is 0 Å². The van der Waals surface area contributed by atoms with Gasteiger partial charge in [-0.2, -0.15) is 0 Å². The summed E-state index contributed by atoms with van der Waals surface area (Å²) in [5.74, 6) is 2.03. The quantitative estimate of drug-likeness (QED) is 0.441. The van der Waals surface area contributed by atoms with Gasteiger partial charge in [-0.1, -0.05) is 31.5 Å². The number of hydrogen-bond acceptors (Lipinski definition) is 3. The maximum Gasteiger partial charge on any atom is 0.148 e. The highest BCUT2D eigenvalue weighted by Gasteiger charge is 2.37. The molecule has 3 atom stereocenters. The van der Waals surface area contributed by atoms with Crippen LogP contribution >= 0.6 is 52.7 Å². The second-order valence-corrected chi connectivity index (χ2v) is 8.37. The topological polar surface area (TPSA) is 20.3 Å². The van der Waals surface area contributed by atoms with Crippen LogP contribution in [0.15, 0.2) is 0 Å². The molecular formula is C12H21I2NOS. The first-order valence-electron chi connectivity index (χ1n) is 6.09. The van der Waals surface area contributed by atoms with Gasteiger partial charge < -0.3 is 0 Å². The van der Waals surface area contributed by atoms with E-state index < -0.39 is 0 Å². The fourth-order valence-electron chi connectivity index (χ4n) is 2.68. The highest BCUT2D eigenvalue weighted by Crippen LogP contribution is 2.32. The highest BCUT2D eigenvalue weighted by molar-refractivity contribution is 14.2. The molecule has 1 fully saturated rings. The van der Waals surface area contributed by atoms with Gasteiger partial charge >= 0.3 is 0 Å². The van der Waals surface area contributed by atoms with Gasteiger partial charge in [-0.05, 0) is 54.3 Å². The number of Topliss-reactive ketones (excluding diaryl/α,β-unsaturated/α-hetero) is 1. The third kappa shape index (κ3) is 4.49. The Morgan fingerprint density at radius 3 is 2.65 bits per heavy atom. The molecular weight excluding hydrogens is 460 g/mol. The molecule has 0 bridgehead atoms. The van der Waals surface area contributed by atoms with Gasteiger partial charge in [0, 0.05) is 29.0 Å². The molecule has 17 heavy (non-hydrogen) atoms. The van der Waals surface area contributed by atoms with Crippen molar-refractivity contribution in [2.24, 2.45) is 11.8 Å². The van der Waals surface area contributed by atoms with Crippen LogP contribution in [0.2, 0.25) is 0 Å². The molecule has 5 heteroatoms. The Bertz CT molecular complexity index is 263. The number of carbonyl (C=O) groups is 1. The Morgan fingerprint density at radius 2 is 2.18 bits per heavy atom. The Kier molecular flexibility index (Phi) is 7.66. The molecule has 0 saturated carbocycles. The molecule has 0 aromatic carbocycles. The molecule has 3 unspecified atom stereocenters. The lowest BCUT2D eigenvalue weighted by atomic mass is 9.81. The molecule has 0 aromatic heterocycles. The zero-order valence-corrected chi connectivity index (χ0v) is 15.8. The molecule has 0 N–H and O–H groups in total. The third-order valence-corrected chi connectivity index (χ3v) is 6.23. The summed E-state index contributed by atoms with van der Waals surface area (Å²) in [6, 6.07) is 0.948. The first kappa shape index (κ1) is 16.5. The van der Waals surface area contributed by atoms with Crippen molar-refractivity contribution in [3.8, 4) is 0 Å². The summed E-state index contributed by atoms with van der Waals surface area (Å²) in [4.78, 5) is 14.7. The lowest BCUT2D eigenvalue weighted by Gasteiger charge is -2.44. The first-order chi connectivity index (χ1) is 8.01. The van der Waals surface area contributed by atoms with Crippen molar-refractivity contribution in [2.75, 3.05) is 16.7 Å². The minimum absolute atomic E-state index is 0.244. The van der Waals surface area contributed by atoms with E-state index in [1.54, 1.807) is 8.93 Å². The normalized spacial score (nSPS) is 30.8. The smallest absolute Gasteiger partial charge is 0.148 e. The summed E-state index contributed by atoms with van der Waals surface area (Å²) < 4.78 is 1.16. The number of piperidine rings is 1. The molecule has 0 spiro atoms. The minimum atomic E-state index is 0.244. The van der Waals surface area contributed by atoms with Crippen LogP contribution in [0.5, 0.6) is 0 Å². The van der Waals surface area contributed by atoms with Crippen molar-refractivity contribution < 1.29 is 4.79 Å². The second kappa shape index (κ2) is 7.89. The van der Waals surface area contributed by atoms with Crippen LogP contribution in [0.4, 0.5) is 0 Å². The van der Waals surface area contributed by atoms with Crippen LogP contribution < -0.4 is 0 Å². The molecule has 1 aliphatic rings. The summed E-state index contributed by atoms with van der Waals surface area (Å²) in [5, 5.41) is 0. The van der Waals surface area contributed by atoms with Gasteiger partial charge in [0.25, 0.3) is 0 Å². The van der Waals surface area contributed by atoms with Crippen LogP contribution in [0, 0.1) is 11.8 Å². The molecule has 100 valence electrons. The van der Waals surface area contributed by atoms with Crippen molar-refractivity contribution >= 4 is 58.5 Å². The molecule has 0 radical (unpaired) electrons. The average Bonchev–Trinajstić information content (AvgIpc) is 2.29. The van der Waals surface area contributed by atoms with Gasteiger partial charge in [-0.3, -0.25) is 9.69 Å². The summed E-state index contributed by atoms with van der Waals surface area (Å²) in [6.45, 7) is 7.86. The fourth-order valence-corrected chi connectivity index (χ4v) is 4.56. The molecule has 1 aliphatic heterocycles. The van der Waals surface area contributed by atoms with E-state index in [9.17, 15) is 4.79 Å². The monoisotopic (exact) mass is 481 g/mol. The van der Waals surface area contributed by atoms with Crippen LogP contribution in [0.3, 0.4) is 0 Å². The molecule has 1 rings (SSSR count). The van der Waals surface area contributed by atoms with Crippen LogP contribution in [0.1, 0.15) is 27.2 Å². The first-order valence-corrected chi connectivity index (χ1v) is 11.1. The summed E-state index contributed by atoms with van der Waals surface area (Å²) in [6.07, 6.45) is 1.09. The van der Waals surface area contributed by atoms with Crippen molar-refractivity contribution in [1.82, 2.24) is 4.90 Å². The van der Waals surface area contributed by atoms with Crippen molar-refractivity contribution in [3.63, 3.8) is 0 Å². The van der Waals surface area contributed by atoms with Gasteiger partial charge in [0.15, 0.2) is 0 Å². The summed E-state index contributed by atoms with van der Waals surface area (Å²) >= 11 is 4.68. The molecule has 0 aliphatic carbocycles. The summed E-state index contributed by atoms with van der Waals surface area (Å²) in [7, 11) is 1.62. The van der Waals surface area contributed by atoms with E-state index in [4.69, 9.17) is 0 Å². The van der Waals surface area contributed by atoms with Crippen molar-refractivity contribution in [1.29, 1.82) is 0 Å². The SMILES string of the molecule is CC(C)N1CC(CI)CC(C(=O)CSI)C1C. The van der Waals surface area contributed by atoms with E-state index in [1.165, 1.54) is 0 Å². The van der Waals surface area contributed by atoms with Gasteiger partial charge in [-0.15, -0.1) is 0 Å². The average molecular weight is 481 g/mol.